The van der Waals surface area contributed by atoms with E-state index < -0.39 is 0 Å². The molecule has 2 heteroatoms. The van der Waals surface area contributed by atoms with Crippen LogP contribution in [-0.2, 0) is 0 Å². The third kappa shape index (κ3) is 7.34. The van der Waals surface area contributed by atoms with Gasteiger partial charge in [0.2, 0.25) is 0 Å². The molecular formula is C12H30N2. The summed E-state index contributed by atoms with van der Waals surface area (Å²) in [5, 5.41) is 3.47. The zero-order valence-corrected chi connectivity index (χ0v) is 11.1. The molecule has 0 aromatic rings. The highest BCUT2D eigenvalue weighted by atomic mass is 15.3. The maximum Gasteiger partial charge on any atom is 0.0567 e. The summed E-state index contributed by atoms with van der Waals surface area (Å²) < 4.78 is 0. The van der Waals surface area contributed by atoms with Gasteiger partial charge in [-0.25, -0.2) is 0 Å². The molecule has 2 nitrogen and oxygen atoms in total. The minimum atomic E-state index is 0.590. The van der Waals surface area contributed by atoms with Crippen LogP contribution in [0.1, 0.15) is 54.4 Å². The van der Waals surface area contributed by atoms with Crippen LogP contribution in [0.2, 0.25) is 0 Å². The van der Waals surface area contributed by atoms with E-state index in [1.807, 2.05) is 27.7 Å². The largest absolute Gasteiger partial charge is 0.302 e. The van der Waals surface area contributed by atoms with Crippen LogP contribution < -0.4 is 5.32 Å². The van der Waals surface area contributed by atoms with Crippen molar-refractivity contribution in [2.75, 3.05) is 19.6 Å². The lowest BCUT2D eigenvalue weighted by Crippen LogP contribution is -2.41. The van der Waals surface area contributed by atoms with Gasteiger partial charge in [0.25, 0.3) is 0 Å². The fraction of sp³-hybridized carbons (Fsp3) is 1.00. The average Bonchev–Trinajstić information content (AvgIpc) is 2.48. The van der Waals surface area contributed by atoms with Crippen LogP contribution in [0.15, 0.2) is 0 Å². The maximum atomic E-state index is 3.47. The Bertz CT molecular complexity index is 94.3. The Labute approximate surface area is 91.1 Å². The van der Waals surface area contributed by atoms with Gasteiger partial charge in [-0.3, -0.25) is 4.90 Å². The molecule has 0 spiro atoms. The van der Waals surface area contributed by atoms with Crippen LogP contribution in [0.25, 0.3) is 0 Å². The fourth-order valence-corrected chi connectivity index (χ4v) is 1.51. The molecule has 1 saturated heterocycles. The minimum absolute atomic E-state index is 0.590. The zero-order valence-electron chi connectivity index (χ0n) is 11.1. The number of hydrogen-bond acceptors (Lipinski definition) is 2. The first-order valence-electron chi connectivity index (χ1n) is 6.32. The van der Waals surface area contributed by atoms with Gasteiger partial charge in [-0.05, 0) is 39.4 Å². The summed E-state index contributed by atoms with van der Waals surface area (Å²) in [6.07, 6.45) is 3.28. The van der Waals surface area contributed by atoms with Gasteiger partial charge in [-0.2, -0.15) is 0 Å². The molecule has 0 saturated carbocycles. The van der Waals surface area contributed by atoms with Crippen molar-refractivity contribution in [3.05, 3.63) is 0 Å². The highest BCUT2D eigenvalue weighted by molar-refractivity contribution is 4.67. The summed E-state index contributed by atoms with van der Waals surface area (Å²) in [4.78, 5) is 2.48. The molecule has 1 fully saturated rings. The second-order valence-corrected chi connectivity index (χ2v) is 2.97. The van der Waals surface area contributed by atoms with Gasteiger partial charge in [0.1, 0.15) is 0 Å². The Kier molecular flexibility index (Phi) is 15.1. The van der Waals surface area contributed by atoms with Crippen LogP contribution in [0.3, 0.4) is 0 Å². The molecule has 0 aromatic heterocycles. The van der Waals surface area contributed by atoms with Crippen molar-refractivity contribution in [1.82, 2.24) is 10.2 Å². The molecule has 1 rings (SSSR count). The van der Waals surface area contributed by atoms with Gasteiger partial charge in [0.05, 0.1) is 6.17 Å². The van der Waals surface area contributed by atoms with Crippen LogP contribution in [0, 0.1) is 0 Å². The molecule has 1 heterocycles. The molecule has 14 heavy (non-hydrogen) atoms. The van der Waals surface area contributed by atoms with E-state index in [1.165, 1.54) is 32.5 Å². The Balaban J connectivity index is 0. The Morgan fingerprint density at radius 2 is 1.71 bits per heavy atom. The van der Waals surface area contributed by atoms with Crippen molar-refractivity contribution in [3.8, 4) is 0 Å². The van der Waals surface area contributed by atoms with Crippen molar-refractivity contribution in [3.63, 3.8) is 0 Å². The normalized spacial score (nSPS) is 22.3. The summed E-state index contributed by atoms with van der Waals surface area (Å²) in [6, 6.07) is 0. The number of nitrogens with one attached hydrogen (secondary N) is 1. The first-order valence-corrected chi connectivity index (χ1v) is 6.32. The lowest BCUT2D eigenvalue weighted by atomic mass is 10.3. The molecule has 1 aliphatic heterocycles. The summed E-state index contributed by atoms with van der Waals surface area (Å²) in [6.45, 7) is 16.1. The van der Waals surface area contributed by atoms with Crippen LogP contribution in [0.4, 0.5) is 0 Å². The third-order valence-electron chi connectivity index (χ3n) is 2.27. The van der Waals surface area contributed by atoms with E-state index in [1.54, 1.807) is 0 Å². The van der Waals surface area contributed by atoms with E-state index in [0.717, 1.165) is 0 Å². The summed E-state index contributed by atoms with van der Waals surface area (Å²) in [5.41, 5.74) is 0. The Hall–Kier alpha value is -0.0800. The molecule has 0 radical (unpaired) electrons. The quantitative estimate of drug-likeness (QED) is 0.703. The standard InChI is InChI=1S/C8H18N2.2C2H6/c1-3-10-7-5-4-6-9-8(10)2;2*1-2/h8-9H,3-7H2,1-2H3;2*1-2H3. The molecule has 0 amide bonds. The van der Waals surface area contributed by atoms with Crippen molar-refractivity contribution in [1.29, 1.82) is 0 Å². The van der Waals surface area contributed by atoms with Gasteiger partial charge in [0, 0.05) is 0 Å². The first-order chi connectivity index (χ1) is 6.84. The smallest absolute Gasteiger partial charge is 0.0567 e. The minimum Gasteiger partial charge on any atom is -0.302 e. The first kappa shape index (κ1) is 16.4. The maximum absolute atomic E-state index is 3.47. The fourth-order valence-electron chi connectivity index (χ4n) is 1.51. The second kappa shape index (κ2) is 12.9. The van der Waals surface area contributed by atoms with Gasteiger partial charge in [0.15, 0.2) is 0 Å². The summed E-state index contributed by atoms with van der Waals surface area (Å²) >= 11 is 0. The van der Waals surface area contributed by atoms with Crippen molar-refractivity contribution < 1.29 is 0 Å². The molecule has 1 atom stereocenters. The SMILES string of the molecule is CC.CC.CCN1CCCCNC1C. The van der Waals surface area contributed by atoms with Crippen LogP contribution in [0.5, 0.6) is 0 Å². The monoisotopic (exact) mass is 202 g/mol. The molecular weight excluding hydrogens is 172 g/mol. The van der Waals surface area contributed by atoms with E-state index >= 15 is 0 Å². The molecule has 88 valence electrons. The highest BCUT2D eigenvalue weighted by Gasteiger charge is 2.12. The Morgan fingerprint density at radius 3 is 2.21 bits per heavy atom. The van der Waals surface area contributed by atoms with E-state index in [2.05, 4.69) is 24.1 Å². The van der Waals surface area contributed by atoms with E-state index in [9.17, 15) is 0 Å². The highest BCUT2D eigenvalue weighted by Crippen LogP contribution is 2.03. The van der Waals surface area contributed by atoms with Crippen molar-refractivity contribution in [2.45, 2.75) is 60.5 Å². The van der Waals surface area contributed by atoms with Gasteiger partial charge in [-0.15, -0.1) is 0 Å². The number of hydrogen-bond donors (Lipinski definition) is 1. The predicted molar refractivity (Wildman–Crippen MR) is 66.6 cm³/mol. The predicted octanol–water partition coefficient (Wildman–Crippen LogP) is 3.09. The van der Waals surface area contributed by atoms with E-state index in [0.29, 0.717) is 6.17 Å². The van der Waals surface area contributed by atoms with Crippen LogP contribution >= 0.6 is 0 Å². The third-order valence-corrected chi connectivity index (χ3v) is 2.27. The topological polar surface area (TPSA) is 15.3 Å². The van der Waals surface area contributed by atoms with Crippen molar-refractivity contribution in [2.24, 2.45) is 0 Å². The van der Waals surface area contributed by atoms with Gasteiger partial charge < -0.3 is 5.32 Å². The molecule has 0 bridgehead atoms. The van der Waals surface area contributed by atoms with E-state index in [-0.39, 0.29) is 0 Å². The second-order valence-electron chi connectivity index (χ2n) is 2.97. The van der Waals surface area contributed by atoms with E-state index in [4.69, 9.17) is 0 Å². The van der Waals surface area contributed by atoms with Crippen LogP contribution in [-0.4, -0.2) is 30.7 Å². The average molecular weight is 202 g/mol. The molecule has 0 aliphatic carbocycles. The molecule has 1 unspecified atom stereocenters. The summed E-state index contributed by atoms with van der Waals surface area (Å²) in [7, 11) is 0. The lowest BCUT2D eigenvalue weighted by Gasteiger charge is -2.25. The Morgan fingerprint density at radius 1 is 1.14 bits per heavy atom. The zero-order chi connectivity index (χ0) is 11.4. The molecule has 0 aromatic carbocycles. The number of nitrogens with zero attached hydrogens (tertiary/aromatic N) is 1. The molecule has 1 aliphatic rings. The number of rotatable bonds is 1. The summed E-state index contributed by atoms with van der Waals surface area (Å²) in [5.74, 6) is 0. The van der Waals surface area contributed by atoms with Crippen molar-refractivity contribution >= 4 is 0 Å². The lowest BCUT2D eigenvalue weighted by molar-refractivity contribution is 0.206. The van der Waals surface area contributed by atoms with Gasteiger partial charge in [-0.1, -0.05) is 34.6 Å². The molecule has 1 N–H and O–H groups in total. The van der Waals surface area contributed by atoms with Gasteiger partial charge >= 0.3 is 0 Å².